The van der Waals surface area contributed by atoms with Gasteiger partial charge in [-0.2, -0.15) is 0 Å². The number of esters is 1. The molecule has 1 aliphatic rings. The number of hydrogen-bond acceptors (Lipinski definition) is 4. The average molecular weight is 325 g/mol. The Bertz CT molecular complexity index is 722. The molecule has 0 aliphatic carbocycles. The molecule has 0 unspecified atom stereocenters. The van der Waals surface area contributed by atoms with Gasteiger partial charge < -0.3 is 14.4 Å². The van der Waals surface area contributed by atoms with Gasteiger partial charge >= 0.3 is 5.97 Å². The van der Waals surface area contributed by atoms with Crippen molar-refractivity contribution >= 4 is 17.6 Å². The summed E-state index contributed by atoms with van der Waals surface area (Å²) in [6.45, 7) is 3.22. The maximum absolute atomic E-state index is 12.1. The van der Waals surface area contributed by atoms with E-state index in [2.05, 4.69) is 0 Å². The van der Waals surface area contributed by atoms with Crippen LogP contribution in [-0.2, 0) is 4.79 Å². The van der Waals surface area contributed by atoms with Gasteiger partial charge in [-0.05, 0) is 61.9 Å². The van der Waals surface area contributed by atoms with Crippen molar-refractivity contribution in [3.8, 4) is 11.5 Å². The van der Waals surface area contributed by atoms with Gasteiger partial charge in [-0.3, -0.25) is 4.79 Å². The van der Waals surface area contributed by atoms with Crippen molar-refractivity contribution < 1.29 is 19.1 Å². The van der Waals surface area contributed by atoms with Crippen LogP contribution in [0.1, 0.15) is 30.1 Å². The molecular weight excluding hydrogens is 306 g/mol. The van der Waals surface area contributed by atoms with Gasteiger partial charge in [0.05, 0.1) is 12.2 Å². The normalized spacial score (nSPS) is 13.9. The minimum Gasteiger partial charge on any atom is -0.494 e. The minimum absolute atomic E-state index is 0.133. The lowest BCUT2D eigenvalue weighted by atomic mass is 10.2. The van der Waals surface area contributed by atoms with E-state index in [1.165, 1.54) is 0 Å². The van der Waals surface area contributed by atoms with Gasteiger partial charge in [0.25, 0.3) is 0 Å². The standard InChI is InChI=1S/C19H19NO4/c1-2-23-16-9-5-14(6-10-16)19(22)24-17-11-7-15(8-12-17)20-13-3-4-18(20)21/h5-12H,2-4,13H2,1H3. The second-order valence-electron chi connectivity index (χ2n) is 5.49. The number of carbonyl (C=O) groups is 2. The van der Waals surface area contributed by atoms with E-state index in [1.807, 2.05) is 6.92 Å². The Hall–Kier alpha value is -2.82. The molecule has 1 fully saturated rings. The van der Waals surface area contributed by atoms with Crippen LogP contribution in [-0.4, -0.2) is 25.0 Å². The first-order valence-corrected chi connectivity index (χ1v) is 8.03. The number of ether oxygens (including phenoxy) is 2. The molecule has 5 nitrogen and oxygen atoms in total. The quantitative estimate of drug-likeness (QED) is 0.624. The van der Waals surface area contributed by atoms with Gasteiger partial charge in [0, 0.05) is 18.7 Å². The molecule has 0 saturated carbocycles. The van der Waals surface area contributed by atoms with Crippen LogP contribution in [0.25, 0.3) is 0 Å². The summed E-state index contributed by atoms with van der Waals surface area (Å²) >= 11 is 0. The van der Waals surface area contributed by atoms with Crippen LogP contribution >= 0.6 is 0 Å². The molecule has 5 heteroatoms. The number of anilines is 1. The number of hydrogen-bond donors (Lipinski definition) is 0. The van der Waals surface area contributed by atoms with Crippen LogP contribution in [0.15, 0.2) is 48.5 Å². The summed E-state index contributed by atoms with van der Waals surface area (Å²) in [5.41, 5.74) is 1.29. The molecule has 3 rings (SSSR count). The van der Waals surface area contributed by atoms with Crippen molar-refractivity contribution in [2.75, 3.05) is 18.1 Å². The highest BCUT2D eigenvalue weighted by atomic mass is 16.5. The van der Waals surface area contributed by atoms with Crippen LogP contribution in [0.5, 0.6) is 11.5 Å². The number of benzene rings is 2. The van der Waals surface area contributed by atoms with E-state index in [0.29, 0.717) is 30.1 Å². The predicted molar refractivity (Wildman–Crippen MR) is 90.6 cm³/mol. The Morgan fingerprint density at radius 3 is 2.29 bits per heavy atom. The van der Waals surface area contributed by atoms with Crippen LogP contribution in [0.2, 0.25) is 0 Å². The Kier molecular flexibility index (Phi) is 4.79. The summed E-state index contributed by atoms with van der Waals surface area (Å²) in [6, 6.07) is 13.8. The Morgan fingerprint density at radius 2 is 1.71 bits per heavy atom. The Morgan fingerprint density at radius 1 is 1.04 bits per heavy atom. The molecule has 0 atom stereocenters. The fourth-order valence-corrected chi connectivity index (χ4v) is 2.64. The van der Waals surface area contributed by atoms with Gasteiger partial charge in [0.1, 0.15) is 11.5 Å². The lowest BCUT2D eigenvalue weighted by molar-refractivity contribution is -0.117. The van der Waals surface area contributed by atoms with Crippen molar-refractivity contribution in [1.82, 2.24) is 0 Å². The van der Waals surface area contributed by atoms with E-state index in [0.717, 1.165) is 18.7 Å². The Balaban J connectivity index is 1.64. The third-order valence-corrected chi connectivity index (χ3v) is 3.83. The molecule has 1 amide bonds. The molecule has 124 valence electrons. The van der Waals surface area contributed by atoms with Crippen molar-refractivity contribution in [1.29, 1.82) is 0 Å². The second-order valence-corrected chi connectivity index (χ2v) is 5.49. The maximum Gasteiger partial charge on any atom is 0.343 e. The molecule has 0 spiro atoms. The third-order valence-electron chi connectivity index (χ3n) is 3.83. The van der Waals surface area contributed by atoms with Gasteiger partial charge in [-0.15, -0.1) is 0 Å². The molecule has 2 aromatic rings. The zero-order valence-corrected chi connectivity index (χ0v) is 13.5. The fraction of sp³-hybridized carbons (Fsp3) is 0.263. The largest absolute Gasteiger partial charge is 0.494 e. The highest BCUT2D eigenvalue weighted by molar-refractivity contribution is 5.95. The molecule has 0 bridgehead atoms. The van der Waals surface area contributed by atoms with Crippen LogP contribution in [0, 0.1) is 0 Å². The van der Waals surface area contributed by atoms with Gasteiger partial charge in [0.2, 0.25) is 5.91 Å². The van der Waals surface area contributed by atoms with Crippen LogP contribution in [0.3, 0.4) is 0 Å². The van der Waals surface area contributed by atoms with Crippen molar-refractivity contribution in [2.45, 2.75) is 19.8 Å². The van der Waals surface area contributed by atoms with Crippen molar-refractivity contribution in [3.63, 3.8) is 0 Å². The average Bonchev–Trinajstić information content (AvgIpc) is 3.02. The molecule has 2 aromatic carbocycles. The van der Waals surface area contributed by atoms with Gasteiger partial charge in [-0.1, -0.05) is 0 Å². The number of amides is 1. The summed E-state index contributed by atoms with van der Waals surface area (Å²) < 4.78 is 10.7. The first-order valence-electron chi connectivity index (χ1n) is 8.03. The van der Waals surface area contributed by atoms with E-state index in [4.69, 9.17) is 9.47 Å². The molecule has 0 radical (unpaired) electrons. The van der Waals surface area contributed by atoms with Crippen molar-refractivity contribution in [3.05, 3.63) is 54.1 Å². The molecule has 1 heterocycles. The Labute approximate surface area is 140 Å². The maximum atomic E-state index is 12.1. The third kappa shape index (κ3) is 3.56. The highest BCUT2D eigenvalue weighted by Crippen LogP contribution is 2.24. The van der Waals surface area contributed by atoms with Crippen molar-refractivity contribution in [2.24, 2.45) is 0 Å². The molecule has 0 aromatic heterocycles. The summed E-state index contributed by atoms with van der Waals surface area (Å²) in [5.74, 6) is 0.871. The van der Waals surface area contributed by atoms with Gasteiger partial charge in [-0.25, -0.2) is 4.79 Å². The topological polar surface area (TPSA) is 55.8 Å². The number of carbonyl (C=O) groups excluding carboxylic acids is 2. The zero-order valence-electron chi connectivity index (χ0n) is 13.5. The monoisotopic (exact) mass is 325 g/mol. The van der Waals surface area contributed by atoms with Crippen LogP contribution < -0.4 is 14.4 Å². The lowest BCUT2D eigenvalue weighted by Crippen LogP contribution is -2.23. The minimum atomic E-state index is -0.428. The molecule has 0 N–H and O–H groups in total. The highest BCUT2D eigenvalue weighted by Gasteiger charge is 2.21. The van der Waals surface area contributed by atoms with E-state index in [1.54, 1.807) is 53.4 Å². The smallest absolute Gasteiger partial charge is 0.343 e. The first-order chi connectivity index (χ1) is 11.7. The van der Waals surface area contributed by atoms with E-state index >= 15 is 0 Å². The summed E-state index contributed by atoms with van der Waals surface area (Å²) in [4.78, 5) is 25.6. The molecule has 1 saturated heterocycles. The molecule has 1 aliphatic heterocycles. The van der Waals surface area contributed by atoms with Gasteiger partial charge in [0.15, 0.2) is 0 Å². The van der Waals surface area contributed by atoms with E-state index < -0.39 is 5.97 Å². The number of nitrogens with zero attached hydrogens (tertiary/aromatic N) is 1. The van der Waals surface area contributed by atoms with Crippen LogP contribution in [0.4, 0.5) is 5.69 Å². The molecule has 24 heavy (non-hydrogen) atoms. The second kappa shape index (κ2) is 7.17. The predicted octanol–water partition coefficient (Wildman–Crippen LogP) is 3.43. The zero-order chi connectivity index (χ0) is 16.9. The fourth-order valence-electron chi connectivity index (χ4n) is 2.64. The van der Waals surface area contributed by atoms with E-state index in [-0.39, 0.29) is 5.91 Å². The summed E-state index contributed by atoms with van der Waals surface area (Å²) in [5, 5.41) is 0. The lowest BCUT2D eigenvalue weighted by Gasteiger charge is -2.15. The van der Waals surface area contributed by atoms with E-state index in [9.17, 15) is 9.59 Å². The molecular formula is C19H19NO4. The summed E-state index contributed by atoms with van der Waals surface area (Å²) in [6.07, 6.45) is 1.47. The number of rotatable bonds is 5. The SMILES string of the molecule is CCOc1ccc(C(=O)Oc2ccc(N3CCCC3=O)cc2)cc1. The summed E-state index contributed by atoms with van der Waals surface area (Å²) in [7, 11) is 0. The first kappa shape index (κ1) is 16.1.